The van der Waals surface area contributed by atoms with E-state index in [-0.39, 0.29) is 11.7 Å². The van der Waals surface area contributed by atoms with Gasteiger partial charge in [0.2, 0.25) is 0 Å². The van der Waals surface area contributed by atoms with E-state index >= 15 is 0 Å². The number of rotatable bonds is 3. The van der Waals surface area contributed by atoms with Crippen LogP contribution >= 0.6 is 0 Å². The van der Waals surface area contributed by atoms with Crippen LogP contribution < -0.4 is 5.32 Å². The molecule has 138 valence electrons. The van der Waals surface area contributed by atoms with Crippen LogP contribution in [-0.4, -0.2) is 15.7 Å². The molecule has 0 spiro atoms. The number of fused-ring (bicyclic) bond motifs is 1. The number of amides is 1. The molecule has 0 atom stereocenters. The highest BCUT2D eigenvalue weighted by Gasteiger charge is 2.26. The molecule has 4 nitrogen and oxygen atoms in total. The molecule has 1 aliphatic rings. The van der Waals surface area contributed by atoms with E-state index in [4.69, 9.17) is 0 Å². The highest BCUT2D eigenvalue weighted by Crippen LogP contribution is 2.28. The molecule has 0 radical (unpaired) electrons. The third kappa shape index (κ3) is 3.35. The summed E-state index contributed by atoms with van der Waals surface area (Å²) >= 11 is 0. The molecule has 0 aliphatic heterocycles. The lowest BCUT2D eigenvalue weighted by Crippen LogP contribution is -2.16. The van der Waals surface area contributed by atoms with E-state index in [9.17, 15) is 13.6 Å². The van der Waals surface area contributed by atoms with E-state index in [0.717, 1.165) is 48.2 Å². The summed E-state index contributed by atoms with van der Waals surface area (Å²) in [5, 5.41) is 7.30. The molecule has 6 heteroatoms. The first kappa shape index (κ1) is 17.4. The summed E-state index contributed by atoms with van der Waals surface area (Å²) in [6.07, 6.45) is 3.58. The minimum atomic E-state index is -0.408. The van der Waals surface area contributed by atoms with Gasteiger partial charge in [0.25, 0.3) is 5.91 Å². The van der Waals surface area contributed by atoms with Crippen LogP contribution in [0.25, 0.3) is 5.69 Å². The third-order valence-electron chi connectivity index (χ3n) is 4.91. The van der Waals surface area contributed by atoms with E-state index in [0.29, 0.717) is 11.4 Å². The zero-order valence-electron chi connectivity index (χ0n) is 14.9. The Labute approximate surface area is 155 Å². The molecule has 1 N–H and O–H groups in total. The molecule has 27 heavy (non-hydrogen) atoms. The topological polar surface area (TPSA) is 46.9 Å². The van der Waals surface area contributed by atoms with Crippen LogP contribution in [0, 0.1) is 18.6 Å². The highest BCUT2D eigenvalue weighted by molar-refractivity contribution is 6.04. The van der Waals surface area contributed by atoms with Crippen molar-refractivity contribution in [1.82, 2.24) is 9.78 Å². The number of hydrogen-bond donors (Lipinski definition) is 1. The van der Waals surface area contributed by atoms with Crippen LogP contribution in [0.2, 0.25) is 0 Å². The van der Waals surface area contributed by atoms with Crippen molar-refractivity contribution in [1.29, 1.82) is 0 Å². The minimum absolute atomic E-state index is 0.320. The monoisotopic (exact) mass is 367 g/mol. The number of carbonyl (C=O) groups excluding carboxylic acids is 1. The van der Waals surface area contributed by atoms with Crippen LogP contribution in [0.1, 0.15) is 40.2 Å². The largest absolute Gasteiger partial charge is 0.320 e. The lowest BCUT2D eigenvalue weighted by molar-refractivity contribution is 0.102. The summed E-state index contributed by atoms with van der Waals surface area (Å²) in [5.41, 5.74) is 4.16. The van der Waals surface area contributed by atoms with Gasteiger partial charge in [-0.15, -0.1) is 0 Å². The lowest BCUT2D eigenvalue weighted by Gasteiger charge is -2.14. The van der Waals surface area contributed by atoms with E-state index < -0.39 is 5.82 Å². The normalized spacial score (nSPS) is 13.3. The van der Waals surface area contributed by atoms with Gasteiger partial charge in [-0.2, -0.15) is 5.10 Å². The van der Waals surface area contributed by atoms with Crippen LogP contribution in [0.5, 0.6) is 0 Å². The zero-order valence-corrected chi connectivity index (χ0v) is 14.9. The second-order valence-electron chi connectivity index (χ2n) is 6.78. The first-order valence-corrected chi connectivity index (χ1v) is 8.97. The van der Waals surface area contributed by atoms with Crippen molar-refractivity contribution in [3.05, 3.63) is 76.6 Å². The molecule has 1 aliphatic carbocycles. The van der Waals surface area contributed by atoms with Crippen molar-refractivity contribution in [2.45, 2.75) is 32.6 Å². The van der Waals surface area contributed by atoms with Gasteiger partial charge in [-0.05, 0) is 74.6 Å². The SMILES string of the molecule is Cc1ccc(F)cc1NC(=O)c1nn(-c2ccc(F)cc2)c2c1CCCC2. The Hall–Kier alpha value is -3.02. The standard InChI is InChI=1S/C21H19F2N3O/c1-13-6-7-15(23)12-18(13)24-21(27)20-17-4-2-3-5-19(17)26(25-20)16-10-8-14(22)9-11-16/h6-12H,2-5H2,1H3,(H,24,27). The smallest absolute Gasteiger partial charge is 0.276 e. The van der Waals surface area contributed by atoms with Gasteiger partial charge in [-0.25, -0.2) is 13.5 Å². The average Bonchev–Trinajstić information content (AvgIpc) is 3.05. The quantitative estimate of drug-likeness (QED) is 0.736. The second kappa shape index (κ2) is 6.95. The zero-order chi connectivity index (χ0) is 19.0. The van der Waals surface area contributed by atoms with Crippen LogP contribution in [0.4, 0.5) is 14.5 Å². The number of anilines is 1. The second-order valence-corrected chi connectivity index (χ2v) is 6.78. The molecule has 2 aromatic carbocycles. The van der Waals surface area contributed by atoms with Gasteiger partial charge in [-0.3, -0.25) is 4.79 Å². The molecule has 4 rings (SSSR count). The molecule has 1 aromatic heterocycles. The van der Waals surface area contributed by atoms with Crippen molar-refractivity contribution in [2.75, 3.05) is 5.32 Å². The number of aromatic nitrogens is 2. The number of nitrogens with zero attached hydrogens (tertiary/aromatic N) is 2. The van der Waals surface area contributed by atoms with Crippen molar-refractivity contribution in [3.8, 4) is 5.69 Å². The summed E-state index contributed by atoms with van der Waals surface area (Å²) in [7, 11) is 0. The summed E-state index contributed by atoms with van der Waals surface area (Å²) in [4.78, 5) is 12.9. The molecular weight excluding hydrogens is 348 g/mol. The van der Waals surface area contributed by atoms with Crippen molar-refractivity contribution < 1.29 is 13.6 Å². The van der Waals surface area contributed by atoms with Gasteiger partial charge in [0.15, 0.2) is 5.69 Å². The molecule has 3 aromatic rings. The third-order valence-corrected chi connectivity index (χ3v) is 4.91. The number of halogens is 2. The fourth-order valence-electron chi connectivity index (χ4n) is 3.49. The number of nitrogens with one attached hydrogen (secondary N) is 1. The minimum Gasteiger partial charge on any atom is -0.320 e. The van der Waals surface area contributed by atoms with Crippen LogP contribution in [0.15, 0.2) is 42.5 Å². The van der Waals surface area contributed by atoms with E-state index in [1.807, 2.05) is 6.92 Å². The van der Waals surface area contributed by atoms with Crippen molar-refractivity contribution in [3.63, 3.8) is 0 Å². The number of benzene rings is 2. The van der Waals surface area contributed by atoms with Gasteiger partial charge in [0.1, 0.15) is 11.6 Å². The van der Waals surface area contributed by atoms with Gasteiger partial charge in [-0.1, -0.05) is 6.07 Å². The Morgan fingerprint density at radius 2 is 1.74 bits per heavy atom. The predicted molar refractivity (Wildman–Crippen MR) is 99.3 cm³/mol. The summed E-state index contributed by atoms with van der Waals surface area (Å²) in [5.74, 6) is -1.09. The van der Waals surface area contributed by atoms with Crippen LogP contribution in [0.3, 0.4) is 0 Å². The van der Waals surface area contributed by atoms with Crippen LogP contribution in [-0.2, 0) is 12.8 Å². The molecular formula is C21H19F2N3O. The van der Waals surface area contributed by atoms with Gasteiger partial charge in [0.05, 0.1) is 5.69 Å². The molecule has 0 saturated carbocycles. The molecule has 0 unspecified atom stereocenters. The molecule has 0 bridgehead atoms. The summed E-state index contributed by atoms with van der Waals surface area (Å²) in [6, 6.07) is 10.3. The summed E-state index contributed by atoms with van der Waals surface area (Å²) < 4.78 is 28.5. The average molecular weight is 367 g/mol. The molecule has 0 saturated heterocycles. The molecule has 0 fully saturated rings. The Bertz CT molecular complexity index is 1010. The maximum Gasteiger partial charge on any atom is 0.276 e. The van der Waals surface area contributed by atoms with Gasteiger partial charge < -0.3 is 5.32 Å². The first-order valence-electron chi connectivity index (χ1n) is 8.97. The Morgan fingerprint density at radius 1 is 1.04 bits per heavy atom. The number of carbonyl (C=O) groups is 1. The van der Waals surface area contributed by atoms with Gasteiger partial charge in [0, 0.05) is 16.9 Å². The maximum absolute atomic E-state index is 13.5. The molecule has 1 amide bonds. The highest BCUT2D eigenvalue weighted by atomic mass is 19.1. The summed E-state index contributed by atoms with van der Waals surface area (Å²) in [6.45, 7) is 1.81. The number of aryl methyl sites for hydroxylation is 1. The fourth-order valence-corrected chi connectivity index (χ4v) is 3.49. The lowest BCUT2D eigenvalue weighted by atomic mass is 9.95. The van der Waals surface area contributed by atoms with E-state index in [2.05, 4.69) is 10.4 Å². The van der Waals surface area contributed by atoms with E-state index in [1.165, 1.54) is 24.3 Å². The Kier molecular flexibility index (Phi) is 4.48. The van der Waals surface area contributed by atoms with Crippen molar-refractivity contribution in [2.24, 2.45) is 0 Å². The predicted octanol–water partition coefficient (Wildman–Crippen LogP) is 4.59. The Morgan fingerprint density at radius 3 is 2.52 bits per heavy atom. The van der Waals surface area contributed by atoms with E-state index in [1.54, 1.807) is 22.9 Å². The Balaban J connectivity index is 1.73. The van der Waals surface area contributed by atoms with Crippen molar-refractivity contribution >= 4 is 11.6 Å². The first-order chi connectivity index (χ1) is 13.0. The maximum atomic E-state index is 13.5. The number of hydrogen-bond acceptors (Lipinski definition) is 2. The van der Waals surface area contributed by atoms with Gasteiger partial charge >= 0.3 is 0 Å². The molecule has 1 heterocycles. The fraction of sp³-hybridized carbons (Fsp3) is 0.238.